The average molecular weight is 255 g/mol. The zero-order chi connectivity index (χ0) is 13.8. The van der Waals surface area contributed by atoms with Crippen LogP contribution in [0.15, 0.2) is 35.3 Å². The van der Waals surface area contributed by atoms with Crippen molar-refractivity contribution in [2.45, 2.75) is 13.5 Å². The Labute approximate surface area is 110 Å². The minimum atomic E-state index is -0.313. The van der Waals surface area contributed by atoms with Gasteiger partial charge in [0.25, 0.3) is 5.56 Å². The Morgan fingerprint density at radius 3 is 2.95 bits per heavy atom. The van der Waals surface area contributed by atoms with E-state index >= 15 is 0 Å². The maximum absolute atomic E-state index is 11.9. The zero-order valence-corrected chi connectivity index (χ0v) is 10.8. The lowest BCUT2D eigenvalue weighted by atomic mass is 10.2. The molecule has 0 saturated carbocycles. The molecule has 0 aliphatic carbocycles. The Morgan fingerprint density at radius 1 is 1.47 bits per heavy atom. The van der Waals surface area contributed by atoms with Crippen molar-refractivity contribution in [3.63, 3.8) is 0 Å². The Bertz CT molecular complexity index is 699. The molecule has 2 rings (SSSR count). The predicted molar refractivity (Wildman–Crippen MR) is 70.0 cm³/mol. The van der Waals surface area contributed by atoms with Crippen LogP contribution in [0.2, 0.25) is 0 Å². The van der Waals surface area contributed by atoms with Crippen LogP contribution in [-0.2, 0) is 6.54 Å². The number of aryl methyl sites for hydroxylation is 1. The molecule has 0 spiro atoms. The van der Waals surface area contributed by atoms with Gasteiger partial charge in [0.15, 0.2) is 0 Å². The number of hydrogen-bond acceptors (Lipinski definition) is 4. The fraction of sp³-hybridized carbons (Fsp3) is 0.214. The highest BCUT2D eigenvalue weighted by molar-refractivity contribution is 5.28. The van der Waals surface area contributed by atoms with E-state index in [4.69, 9.17) is 10.00 Å². The van der Waals surface area contributed by atoms with Crippen LogP contribution in [0, 0.1) is 18.3 Å². The number of rotatable bonds is 3. The third kappa shape index (κ3) is 2.80. The van der Waals surface area contributed by atoms with Gasteiger partial charge in [0.05, 0.1) is 19.3 Å². The molecular formula is C14H13N3O2. The summed E-state index contributed by atoms with van der Waals surface area (Å²) in [6, 6.07) is 8.65. The summed E-state index contributed by atoms with van der Waals surface area (Å²) in [4.78, 5) is 16.3. The number of nitrogens with zero attached hydrogens (tertiary/aromatic N) is 3. The van der Waals surface area contributed by atoms with Crippen LogP contribution in [-0.4, -0.2) is 16.7 Å². The highest BCUT2D eigenvalue weighted by Crippen LogP contribution is 2.13. The van der Waals surface area contributed by atoms with Gasteiger partial charge in [0.2, 0.25) is 0 Å². The van der Waals surface area contributed by atoms with Gasteiger partial charge in [-0.2, -0.15) is 5.26 Å². The summed E-state index contributed by atoms with van der Waals surface area (Å²) in [5.41, 5.74) is 1.35. The summed E-state index contributed by atoms with van der Waals surface area (Å²) in [7, 11) is 1.58. The molecule has 96 valence electrons. The highest BCUT2D eigenvalue weighted by Gasteiger charge is 2.05. The molecule has 2 aromatic rings. The second-order valence-corrected chi connectivity index (χ2v) is 4.11. The fourth-order valence-electron chi connectivity index (χ4n) is 1.82. The normalized spacial score (nSPS) is 9.95. The van der Waals surface area contributed by atoms with Gasteiger partial charge in [-0.1, -0.05) is 0 Å². The number of ether oxygens (including phenoxy) is 1. The van der Waals surface area contributed by atoms with E-state index in [2.05, 4.69) is 4.98 Å². The third-order valence-electron chi connectivity index (χ3n) is 2.69. The van der Waals surface area contributed by atoms with Crippen LogP contribution in [0.1, 0.15) is 17.0 Å². The van der Waals surface area contributed by atoms with Crippen LogP contribution in [0.3, 0.4) is 0 Å². The minimum absolute atomic E-state index is 0.127. The summed E-state index contributed by atoms with van der Waals surface area (Å²) in [6.45, 7) is 2.17. The number of aromatic nitrogens is 2. The van der Waals surface area contributed by atoms with E-state index in [0.717, 1.165) is 5.69 Å². The van der Waals surface area contributed by atoms with E-state index in [9.17, 15) is 4.79 Å². The van der Waals surface area contributed by atoms with E-state index < -0.39 is 0 Å². The molecule has 0 aliphatic rings. The molecule has 5 nitrogen and oxygen atoms in total. The van der Waals surface area contributed by atoms with Gasteiger partial charge >= 0.3 is 0 Å². The second-order valence-electron chi connectivity index (χ2n) is 4.11. The van der Waals surface area contributed by atoms with Crippen molar-refractivity contribution in [3.05, 3.63) is 57.8 Å². The van der Waals surface area contributed by atoms with E-state index in [1.54, 1.807) is 25.4 Å². The summed E-state index contributed by atoms with van der Waals surface area (Å²) in [5.74, 6) is 0.701. The van der Waals surface area contributed by atoms with Gasteiger partial charge in [-0.15, -0.1) is 0 Å². The summed E-state index contributed by atoms with van der Waals surface area (Å²) >= 11 is 0. The van der Waals surface area contributed by atoms with Crippen molar-refractivity contribution in [2.75, 3.05) is 7.11 Å². The van der Waals surface area contributed by atoms with Gasteiger partial charge in [-0.3, -0.25) is 9.78 Å². The smallest absolute Gasteiger partial charge is 0.268 e. The summed E-state index contributed by atoms with van der Waals surface area (Å²) in [5, 5.41) is 8.84. The summed E-state index contributed by atoms with van der Waals surface area (Å²) < 4.78 is 6.63. The van der Waals surface area contributed by atoms with Gasteiger partial charge < -0.3 is 9.30 Å². The van der Waals surface area contributed by atoms with Crippen LogP contribution < -0.4 is 10.3 Å². The topological polar surface area (TPSA) is 67.9 Å². The molecule has 0 saturated heterocycles. The van der Waals surface area contributed by atoms with Crippen LogP contribution in [0.4, 0.5) is 0 Å². The van der Waals surface area contributed by atoms with Crippen LogP contribution >= 0.6 is 0 Å². The SMILES string of the molecule is COc1cc(C)nc(Cn2cccc(C#N)c2=O)c1. The van der Waals surface area contributed by atoms with Gasteiger partial charge in [-0.25, -0.2) is 0 Å². The Hall–Kier alpha value is -2.61. The largest absolute Gasteiger partial charge is 0.497 e. The number of hydrogen-bond donors (Lipinski definition) is 0. The number of nitriles is 1. The molecule has 0 amide bonds. The predicted octanol–water partition coefficient (Wildman–Crippen LogP) is 1.48. The molecule has 2 heterocycles. The van der Waals surface area contributed by atoms with Crippen LogP contribution in [0.5, 0.6) is 5.75 Å². The third-order valence-corrected chi connectivity index (χ3v) is 2.69. The first-order valence-corrected chi connectivity index (χ1v) is 5.75. The quantitative estimate of drug-likeness (QED) is 0.833. The fourth-order valence-corrected chi connectivity index (χ4v) is 1.82. The highest BCUT2D eigenvalue weighted by atomic mass is 16.5. The molecule has 5 heteroatoms. The summed E-state index contributed by atoms with van der Waals surface area (Å²) in [6.07, 6.45) is 1.64. The van der Waals surface area contributed by atoms with E-state index in [1.807, 2.05) is 19.1 Å². The standard InChI is InChI=1S/C14H13N3O2/c1-10-6-13(19-2)7-12(16-10)9-17-5-3-4-11(8-15)14(17)18/h3-7H,9H2,1-2H3. The number of pyridine rings is 2. The monoisotopic (exact) mass is 255 g/mol. The molecule has 0 atom stereocenters. The molecule has 19 heavy (non-hydrogen) atoms. The molecular weight excluding hydrogens is 242 g/mol. The van der Waals surface area contributed by atoms with E-state index in [1.165, 1.54) is 10.6 Å². The molecule has 0 radical (unpaired) electrons. The molecule has 0 N–H and O–H groups in total. The zero-order valence-electron chi connectivity index (χ0n) is 10.8. The van der Waals surface area contributed by atoms with E-state index in [0.29, 0.717) is 18.0 Å². The minimum Gasteiger partial charge on any atom is -0.497 e. The lowest BCUT2D eigenvalue weighted by Gasteiger charge is -2.08. The van der Waals surface area contributed by atoms with Gasteiger partial charge in [0.1, 0.15) is 17.4 Å². The molecule has 0 unspecified atom stereocenters. The maximum Gasteiger partial charge on any atom is 0.268 e. The van der Waals surface area contributed by atoms with Crippen molar-refractivity contribution in [2.24, 2.45) is 0 Å². The van der Waals surface area contributed by atoms with Crippen molar-refractivity contribution in [1.82, 2.24) is 9.55 Å². The van der Waals surface area contributed by atoms with Gasteiger partial charge in [0, 0.05) is 24.0 Å². The van der Waals surface area contributed by atoms with E-state index in [-0.39, 0.29) is 11.1 Å². The maximum atomic E-state index is 11.9. The average Bonchev–Trinajstić information content (AvgIpc) is 2.40. The lowest BCUT2D eigenvalue weighted by Crippen LogP contribution is -2.22. The van der Waals surface area contributed by atoms with Crippen molar-refractivity contribution < 1.29 is 4.74 Å². The Kier molecular flexibility index (Phi) is 3.62. The second kappa shape index (κ2) is 5.36. The van der Waals surface area contributed by atoms with Crippen molar-refractivity contribution in [1.29, 1.82) is 5.26 Å². The first kappa shape index (κ1) is 12.8. The number of methoxy groups -OCH3 is 1. The molecule has 2 aromatic heterocycles. The van der Waals surface area contributed by atoms with Crippen LogP contribution in [0.25, 0.3) is 0 Å². The molecule has 0 bridgehead atoms. The first-order chi connectivity index (χ1) is 9.13. The molecule has 0 fully saturated rings. The first-order valence-electron chi connectivity index (χ1n) is 5.75. The Morgan fingerprint density at radius 2 is 2.26 bits per heavy atom. The molecule has 0 aromatic carbocycles. The molecule has 0 aliphatic heterocycles. The lowest BCUT2D eigenvalue weighted by molar-refractivity contribution is 0.413. The van der Waals surface area contributed by atoms with Crippen molar-refractivity contribution in [3.8, 4) is 11.8 Å². The van der Waals surface area contributed by atoms with Gasteiger partial charge in [-0.05, 0) is 19.1 Å². The Balaban J connectivity index is 2.39. The van der Waals surface area contributed by atoms with Crippen molar-refractivity contribution >= 4 is 0 Å².